The number of benzene rings is 1. The largest absolute Gasteiger partial charge is 0.271 e. The van der Waals surface area contributed by atoms with Gasteiger partial charge in [-0.2, -0.15) is 23.5 Å². The molecule has 4 unspecified atom stereocenters. The van der Waals surface area contributed by atoms with E-state index in [1.54, 1.807) is 0 Å². The quantitative estimate of drug-likeness (QED) is 0.634. The molecule has 3 N–H and O–H groups in total. The first-order valence-corrected chi connectivity index (χ1v) is 9.82. The van der Waals surface area contributed by atoms with Crippen molar-refractivity contribution in [2.75, 3.05) is 5.75 Å². The van der Waals surface area contributed by atoms with Crippen molar-refractivity contribution >= 4 is 23.5 Å². The van der Waals surface area contributed by atoms with E-state index in [2.05, 4.69) is 80.9 Å². The Bertz CT molecular complexity index is 450. The van der Waals surface area contributed by atoms with Gasteiger partial charge in [0.05, 0.1) is 6.04 Å². The zero-order valence-electron chi connectivity index (χ0n) is 13.5. The molecular weight excluding hydrogens is 296 g/mol. The van der Waals surface area contributed by atoms with Gasteiger partial charge in [0, 0.05) is 21.5 Å². The molecule has 118 valence electrons. The molecule has 1 fully saturated rings. The Hall–Kier alpha value is -0.160. The van der Waals surface area contributed by atoms with Gasteiger partial charge in [-0.05, 0) is 23.5 Å². The molecule has 0 spiro atoms. The second-order valence-corrected chi connectivity index (χ2v) is 9.44. The van der Waals surface area contributed by atoms with E-state index in [1.165, 1.54) is 16.9 Å². The Morgan fingerprint density at radius 3 is 2.67 bits per heavy atom. The van der Waals surface area contributed by atoms with Crippen molar-refractivity contribution in [3.63, 3.8) is 0 Å². The van der Waals surface area contributed by atoms with Crippen LogP contribution in [0.2, 0.25) is 0 Å². The second kappa shape index (κ2) is 7.91. The molecule has 2 nitrogen and oxygen atoms in total. The summed E-state index contributed by atoms with van der Waals surface area (Å²) in [7, 11) is 0. The normalized spacial score (nSPS) is 27.8. The highest BCUT2D eigenvalue weighted by Gasteiger charge is 2.31. The zero-order chi connectivity index (χ0) is 15.4. The van der Waals surface area contributed by atoms with Gasteiger partial charge < -0.3 is 0 Å². The van der Waals surface area contributed by atoms with Gasteiger partial charge in [0.1, 0.15) is 0 Å². The zero-order valence-corrected chi connectivity index (χ0v) is 15.1. The van der Waals surface area contributed by atoms with E-state index < -0.39 is 0 Å². The van der Waals surface area contributed by atoms with Gasteiger partial charge >= 0.3 is 0 Å². The predicted octanol–water partition coefficient (Wildman–Crippen LogP) is 4.02. The van der Waals surface area contributed by atoms with Gasteiger partial charge in [-0.3, -0.25) is 11.3 Å². The summed E-state index contributed by atoms with van der Waals surface area (Å²) in [6.45, 7) is 9.19. The first-order valence-electron chi connectivity index (χ1n) is 7.83. The lowest BCUT2D eigenvalue weighted by Crippen LogP contribution is -2.40. The second-order valence-electron chi connectivity index (χ2n) is 6.41. The summed E-state index contributed by atoms with van der Waals surface area (Å²) in [6, 6.07) is 9.18. The Morgan fingerprint density at radius 2 is 2.05 bits per heavy atom. The molecule has 4 heteroatoms. The fourth-order valence-electron chi connectivity index (χ4n) is 2.79. The van der Waals surface area contributed by atoms with Gasteiger partial charge in [0.25, 0.3) is 0 Å². The van der Waals surface area contributed by atoms with Gasteiger partial charge in [-0.15, -0.1) is 0 Å². The molecule has 1 aromatic carbocycles. The molecule has 2 rings (SSSR count). The third-order valence-electron chi connectivity index (χ3n) is 4.08. The van der Waals surface area contributed by atoms with Crippen molar-refractivity contribution in [2.45, 2.75) is 55.9 Å². The van der Waals surface area contributed by atoms with Crippen LogP contribution in [-0.2, 0) is 6.42 Å². The number of nitrogens with two attached hydrogens (primary N) is 1. The first kappa shape index (κ1) is 17.2. The fraction of sp³-hybridized carbons (Fsp3) is 0.647. The van der Waals surface area contributed by atoms with E-state index in [4.69, 9.17) is 5.84 Å². The van der Waals surface area contributed by atoms with Crippen molar-refractivity contribution < 1.29 is 0 Å². The Morgan fingerprint density at radius 1 is 1.29 bits per heavy atom. The van der Waals surface area contributed by atoms with E-state index >= 15 is 0 Å². The monoisotopic (exact) mass is 324 g/mol. The molecule has 0 saturated carbocycles. The highest BCUT2D eigenvalue weighted by molar-refractivity contribution is 8.07. The van der Waals surface area contributed by atoms with E-state index in [1.807, 2.05) is 0 Å². The lowest BCUT2D eigenvalue weighted by molar-refractivity contribution is 0.548. The first-order chi connectivity index (χ1) is 10.0. The summed E-state index contributed by atoms with van der Waals surface area (Å²) in [4.78, 5) is 0. The lowest BCUT2D eigenvalue weighted by atomic mass is 9.97. The molecule has 1 aliphatic rings. The number of hydrogen-bond donors (Lipinski definition) is 2. The summed E-state index contributed by atoms with van der Waals surface area (Å²) >= 11 is 4.15. The van der Waals surface area contributed by atoms with E-state index in [0.717, 1.165) is 11.7 Å². The summed E-state index contributed by atoms with van der Waals surface area (Å²) in [5.41, 5.74) is 5.81. The van der Waals surface area contributed by atoms with Crippen LogP contribution in [0.5, 0.6) is 0 Å². The van der Waals surface area contributed by atoms with Gasteiger partial charge in [0.2, 0.25) is 0 Å². The number of nitrogens with one attached hydrogen (secondary N) is 1. The molecular formula is C17H28N2S2. The van der Waals surface area contributed by atoms with Gasteiger partial charge in [-0.25, -0.2) is 0 Å². The molecule has 4 atom stereocenters. The number of hydrazine groups is 1. The SMILES string of the molecule is CC(C)Cc1cccc(C(NN)C2CSC(C)C(C)S2)c1. The molecule has 1 aromatic rings. The van der Waals surface area contributed by atoms with E-state index in [0.29, 0.717) is 16.4 Å². The van der Waals surface area contributed by atoms with Gasteiger partial charge in [-0.1, -0.05) is 52.0 Å². The Labute approximate surface area is 138 Å². The van der Waals surface area contributed by atoms with Crippen LogP contribution < -0.4 is 11.3 Å². The minimum Gasteiger partial charge on any atom is -0.271 e. The summed E-state index contributed by atoms with van der Waals surface area (Å²) in [5.74, 6) is 7.75. The van der Waals surface area contributed by atoms with Crippen molar-refractivity contribution in [1.29, 1.82) is 0 Å². The summed E-state index contributed by atoms with van der Waals surface area (Å²) in [5, 5.41) is 1.96. The molecule has 1 heterocycles. The molecule has 0 amide bonds. The molecule has 0 radical (unpaired) electrons. The standard InChI is InChI=1S/C17H28N2S2/c1-11(2)8-14-6-5-7-15(9-14)17(19-18)16-10-20-12(3)13(4)21-16/h5-7,9,11-13,16-17,19H,8,10,18H2,1-4H3. The van der Waals surface area contributed by atoms with Crippen LogP contribution >= 0.6 is 23.5 Å². The number of hydrogen-bond acceptors (Lipinski definition) is 4. The highest BCUT2D eigenvalue weighted by atomic mass is 32.2. The van der Waals surface area contributed by atoms with Crippen molar-refractivity contribution in [3.8, 4) is 0 Å². The van der Waals surface area contributed by atoms with E-state index in [-0.39, 0.29) is 6.04 Å². The van der Waals surface area contributed by atoms with Crippen LogP contribution in [0, 0.1) is 5.92 Å². The van der Waals surface area contributed by atoms with Crippen LogP contribution in [0.15, 0.2) is 24.3 Å². The Kier molecular flexibility index (Phi) is 6.48. The molecule has 21 heavy (non-hydrogen) atoms. The third-order valence-corrected chi connectivity index (χ3v) is 7.57. The average Bonchev–Trinajstić information content (AvgIpc) is 2.43. The van der Waals surface area contributed by atoms with Crippen LogP contribution in [0.3, 0.4) is 0 Å². The minimum absolute atomic E-state index is 0.240. The van der Waals surface area contributed by atoms with Crippen LogP contribution in [0.25, 0.3) is 0 Å². The smallest absolute Gasteiger partial charge is 0.0586 e. The predicted molar refractivity (Wildman–Crippen MR) is 97.8 cm³/mol. The highest BCUT2D eigenvalue weighted by Crippen LogP contribution is 2.40. The topological polar surface area (TPSA) is 38.0 Å². The number of rotatable bonds is 5. The maximum atomic E-state index is 5.89. The lowest BCUT2D eigenvalue weighted by Gasteiger charge is -2.36. The van der Waals surface area contributed by atoms with Crippen molar-refractivity contribution in [2.24, 2.45) is 11.8 Å². The van der Waals surface area contributed by atoms with Crippen molar-refractivity contribution in [1.82, 2.24) is 5.43 Å². The van der Waals surface area contributed by atoms with E-state index in [9.17, 15) is 0 Å². The fourth-order valence-corrected chi connectivity index (χ4v) is 5.89. The van der Waals surface area contributed by atoms with Crippen molar-refractivity contribution in [3.05, 3.63) is 35.4 Å². The molecule has 0 aliphatic carbocycles. The Balaban J connectivity index is 2.13. The molecule has 1 aliphatic heterocycles. The average molecular weight is 325 g/mol. The van der Waals surface area contributed by atoms with Crippen LogP contribution in [-0.4, -0.2) is 21.5 Å². The minimum atomic E-state index is 0.240. The van der Waals surface area contributed by atoms with Crippen LogP contribution in [0.1, 0.15) is 44.9 Å². The summed E-state index contributed by atoms with van der Waals surface area (Å²) < 4.78 is 0. The number of thioether (sulfide) groups is 2. The maximum Gasteiger partial charge on any atom is 0.0586 e. The van der Waals surface area contributed by atoms with Crippen LogP contribution in [0.4, 0.5) is 0 Å². The summed E-state index contributed by atoms with van der Waals surface area (Å²) in [6.07, 6.45) is 1.13. The maximum absolute atomic E-state index is 5.89. The third kappa shape index (κ3) is 4.65. The molecule has 0 bridgehead atoms. The van der Waals surface area contributed by atoms with Gasteiger partial charge in [0.15, 0.2) is 0 Å². The molecule has 1 saturated heterocycles. The molecule has 0 aromatic heterocycles.